The minimum atomic E-state index is -0.369. The fourth-order valence-electron chi connectivity index (χ4n) is 3.55. The Balaban J connectivity index is 1.42. The number of aromatic nitrogens is 3. The van der Waals surface area contributed by atoms with Crippen LogP contribution in [-0.2, 0) is 4.74 Å². The van der Waals surface area contributed by atoms with Crippen molar-refractivity contribution in [3.05, 3.63) is 24.2 Å². The van der Waals surface area contributed by atoms with Crippen LogP contribution in [0.1, 0.15) is 49.2 Å². The van der Waals surface area contributed by atoms with Gasteiger partial charge >= 0.3 is 11.8 Å². The van der Waals surface area contributed by atoms with Gasteiger partial charge in [0.2, 0.25) is 5.82 Å². The van der Waals surface area contributed by atoms with Crippen molar-refractivity contribution in [1.82, 2.24) is 20.4 Å². The van der Waals surface area contributed by atoms with Crippen LogP contribution in [0, 0.1) is 0 Å². The van der Waals surface area contributed by atoms with Crippen LogP contribution in [0.4, 0.5) is 5.82 Å². The van der Waals surface area contributed by atoms with Gasteiger partial charge in [0.25, 0.3) is 0 Å². The first kappa shape index (κ1) is 17.9. The number of carbonyl (C=O) groups is 1. The fourth-order valence-corrected chi connectivity index (χ4v) is 3.55. The Labute approximate surface area is 158 Å². The molecule has 0 saturated carbocycles. The first-order valence-electron chi connectivity index (χ1n) is 9.74. The summed E-state index contributed by atoms with van der Waals surface area (Å²) in [5.74, 6) is 0.918. The summed E-state index contributed by atoms with van der Waals surface area (Å²) in [7, 11) is 0. The van der Waals surface area contributed by atoms with Gasteiger partial charge in [-0.25, -0.2) is 4.98 Å². The molecule has 8 heteroatoms. The average molecular weight is 371 g/mol. The molecule has 2 aliphatic rings. The van der Waals surface area contributed by atoms with E-state index in [4.69, 9.17) is 9.26 Å². The highest BCUT2D eigenvalue weighted by Gasteiger charge is 2.21. The number of ether oxygens (including phenoxy) is 1. The molecule has 0 unspecified atom stereocenters. The molecule has 2 fully saturated rings. The molecule has 1 amide bonds. The minimum Gasteiger partial charge on any atom is -0.376 e. The van der Waals surface area contributed by atoms with E-state index in [9.17, 15) is 4.79 Å². The number of nitrogens with zero attached hydrogens (tertiary/aromatic N) is 4. The lowest BCUT2D eigenvalue weighted by molar-refractivity contribution is 0.0822. The molecule has 1 N–H and O–H groups in total. The molecule has 0 radical (unpaired) electrons. The summed E-state index contributed by atoms with van der Waals surface area (Å²) in [6.07, 6.45) is 8.73. The molecule has 2 aromatic heterocycles. The second-order valence-electron chi connectivity index (χ2n) is 7.07. The number of rotatable bonds is 5. The van der Waals surface area contributed by atoms with Gasteiger partial charge < -0.3 is 19.5 Å². The number of anilines is 1. The zero-order valence-corrected chi connectivity index (χ0v) is 15.4. The maximum atomic E-state index is 12.2. The third-order valence-corrected chi connectivity index (χ3v) is 5.07. The quantitative estimate of drug-likeness (QED) is 0.862. The first-order valence-corrected chi connectivity index (χ1v) is 9.74. The summed E-state index contributed by atoms with van der Waals surface area (Å²) in [6.45, 7) is 3.25. The second kappa shape index (κ2) is 8.47. The van der Waals surface area contributed by atoms with Crippen molar-refractivity contribution in [3.63, 3.8) is 0 Å². The summed E-state index contributed by atoms with van der Waals surface area (Å²) >= 11 is 0. The highest BCUT2D eigenvalue weighted by atomic mass is 16.5. The number of hydrogen-bond acceptors (Lipinski definition) is 7. The predicted octanol–water partition coefficient (Wildman–Crippen LogP) is 2.42. The SMILES string of the molecule is O=C(NC[C@@H]1CCCO1)c1nc(-c2ccnc(N3CCCCCC3)c2)no1. The van der Waals surface area contributed by atoms with Crippen molar-refractivity contribution in [3.8, 4) is 11.4 Å². The lowest BCUT2D eigenvalue weighted by atomic mass is 10.2. The van der Waals surface area contributed by atoms with Crippen molar-refractivity contribution in [2.24, 2.45) is 0 Å². The van der Waals surface area contributed by atoms with Gasteiger partial charge in [0.05, 0.1) is 6.10 Å². The van der Waals surface area contributed by atoms with Crippen LogP contribution < -0.4 is 10.2 Å². The number of hydrogen-bond donors (Lipinski definition) is 1. The van der Waals surface area contributed by atoms with E-state index in [1.165, 1.54) is 25.7 Å². The Morgan fingerprint density at radius 2 is 2.07 bits per heavy atom. The molecule has 2 saturated heterocycles. The van der Waals surface area contributed by atoms with E-state index in [0.717, 1.165) is 43.9 Å². The Morgan fingerprint density at radius 3 is 2.85 bits per heavy atom. The van der Waals surface area contributed by atoms with E-state index >= 15 is 0 Å². The molecule has 2 aromatic rings. The standard InChI is InChI=1S/C19H25N5O3/c25-18(21-13-15-6-5-11-26-15)19-22-17(23-27-19)14-7-8-20-16(12-14)24-9-3-1-2-4-10-24/h7-8,12,15H,1-6,9-11,13H2,(H,21,25)/t15-/m0/s1. The van der Waals surface area contributed by atoms with Crippen molar-refractivity contribution in [2.45, 2.75) is 44.6 Å². The third-order valence-electron chi connectivity index (χ3n) is 5.07. The third kappa shape index (κ3) is 4.44. The zero-order chi connectivity index (χ0) is 18.5. The second-order valence-corrected chi connectivity index (χ2v) is 7.07. The maximum absolute atomic E-state index is 12.2. The lowest BCUT2D eigenvalue weighted by Crippen LogP contribution is -2.31. The molecule has 2 aliphatic heterocycles. The van der Waals surface area contributed by atoms with Gasteiger partial charge in [-0.3, -0.25) is 4.79 Å². The predicted molar refractivity (Wildman–Crippen MR) is 99.5 cm³/mol. The maximum Gasteiger partial charge on any atom is 0.316 e. The Bertz CT molecular complexity index is 764. The summed E-state index contributed by atoms with van der Waals surface area (Å²) < 4.78 is 10.7. The van der Waals surface area contributed by atoms with E-state index in [-0.39, 0.29) is 17.9 Å². The fraction of sp³-hybridized carbons (Fsp3) is 0.579. The van der Waals surface area contributed by atoms with E-state index in [1.807, 2.05) is 12.1 Å². The average Bonchev–Trinajstić information content (AvgIpc) is 3.33. The van der Waals surface area contributed by atoms with Gasteiger partial charge in [-0.05, 0) is 37.8 Å². The van der Waals surface area contributed by atoms with E-state index in [1.54, 1.807) is 6.20 Å². The molecule has 0 aromatic carbocycles. The van der Waals surface area contributed by atoms with Gasteiger partial charge in [0.1, 0.15) is 5.82 Å². The normalized spacial score (nSPS) is 20.4. The lowest BCUT2D eigenvalue weighted by Gasteiger charge is -2.21. The van der Waals surface area contributed by atoms with Crippen LogP contribution in [-0.4, -0.2) is 53.4 Å². The van der Waals surface area contributed by atoms with Crippen molar-refractivity contribution in [2.75, 3.05) is 31.1 Å². The minimum absolute atomic E-state index is 0.0314. The molecule has 1 atom stereocenters. The Hall–Kier alpha value is -2.48. The highest BCUT2D eigenvalue weighted by Crippen LogP contribution is 2.23. The van der Waals surface area contributed by atoms with Crippen LogP contribution in [0.3, 0.4) is 0 Å². The zero-order valence-electron chi connectivity index (χ0n) is 15.4. The molecule has 0 aliphatic carbocycles. The van der Waals surface area contributed by atoms with Gasteiger partial charge in [-0.15, -0.1) is 0 Å². The van der Waals surface area contributed by atoms with Gasteiger partial charge in [-0.2, -0.15) is 4.98 Å². The number of nitrogens with one attached hydrogen (secondary N) is 1. The summed E-state index contributed by atoms with van der Waals surface area (Å²) in [6, 6.07) is 3.80. The van der Waals surface area contributed by atoms with Crippen LogP contribution in [0.15, 0.2) is 22.9 Å². The van der Waals surface area contributed by atoms with Gasteiger partial charge in [0.15, 0.2) is 0 Å². The smallest absolute Gasteiger partial charge is 0.316 e. The molecular weight excluding hydrogens is 346 g/mol. The Morgan fingerprint density at radius 1 is 1.22 bits per heavy atom. The summed E-state index contributed by atoms with van der Waals surface area (Å²) in [5, 5.41) is 6.76. The number of amides is 1. The van der Waals surface area contributed by atoms with Crippen molar-refractivity contribution in [1.29, 1.82) is 0 Å². The van der Waals surface area contributed by atoms with E-state index < -0.39 is 0 Å². The molecule has 0 bridgehead atoms. The molecule has 27 heavy (non-hydrogen) atoms. The van der Waals surface area contributed by atoms with Crippen LogP contribution in [0.2, 0.25) is 0 Å². The van der Waals surface area contributed by atoms with Crippen molar-refractivity contribution >= 4 is 11.7 Å². The number of pyridine rings is 1. The van der Waals surface area contributed by atoms with Crippen LogP contribution in [0.25, 0.3) is 11.4 Å². The number of carbonyl (C=O) groups excluding carboxylic acids is 1. The molecule has 8 nitrogen and oxygen atoms in total. The van der Waals surface area contributed by atoms with E-state index in [0.29, 0.717) is 12.4 Å². The largest absolute Gasteiger partial charge is 0.376 e. The summed E-state index contributed by atoms with van der Waals surface area (Å²) in [4.78, 5) is 23.3. The monoisotopic (exact) mass is 371 g/mol. The molecule has 4 heterocycles. The summed E-state index contributed by atoms with van der Waals surface area (Å²) in [5.41, 5.74) is 0.797. The molecular formula is C19H25N5O3. The van der Waals surface area contributed by atoms with Crippen molar-refractivity contribution < 1.29 is 14.1 Å². The highest BCUT2D eigenvalue weighted by molar-refractivity contribution is 5.89. The molecule has 0 spiro atoms. The van der Waals surface area contributed by atoms with Crippen LogP contribution >= 0.6 is 0 Å². The van der Waals surface area contributed by atoms with E-state index in [2.05, 4.69) is 25.3 Å². The first-order chi connectivity index (χ1) is 13.3. The molecule has 144 valence electrons. The topological polar surface area (TPSA) is 93.4 Å². The molecule has 4 rings (SSSR count). The Kier molecular flexibility index (Phi) is 5.62. The van der Waals surface area contributed by atoms with Gasteiger partial charge in [-0.1, -0.05) is 18.0 Å². The van der Waals surface area contributed by atoms with Crippen LogP contribution in [0.5, 0.6) is 0 Å². The van der Waals surface area contributed by atoms with Gasteiger partial charge in [0, 0.05) is 38.0 Å².